The fraction of sp³-hybridized carbons (Fsp3) is 0.222. The van der Waals surface area contributed by atoms with Gasteiger partial charge in [0.15, 0.2) is 0 Å². The highest BCUT2D eigenvalue weighted by Gasteiger charge is 1.94. The minimum absolute atomic E-state index is 1.27. The maximum atomic E-state index is 2.21. The molecule has 2 aromatic rings. The molecule has 0 saturated heterocycles. The van der Waals surface area contributed by atoms with Crippen molar-refractivity contribution in [3.05, 3.63) is 69.8 Å². The summed E-state index contributed by atoms with van der Waals surface area (Å²) in [5, 5.41) is 0. The molecule has 2 rings (SSSR count). The van der Waals surface area contributed by atoms with E-state index in [4.69, 9.17) is 0 Å². The highest BCUT2D eigenvalue weighted by molar-refractivity contribution is 5.70. The molecular formula is C18H20. The maximum Gasteiger partial charge on any atom is -0.0251 e. The lowest BCUT2D eigenvalue weighted by molar-refractivity contribution is 1.37. The fourth-order valence-electron chi connectivity index (χ4n) is 2.40. The molecule has 0 radical (unpaired) electrons. The van der Waals surface area contributed by atoms with Gasteiger partial charge in [-0.15, -0.1) is 0 Å². The van der Waals surface area contributed by atoms with Gasteiger partial charge in [0.25, 0.3) is 0 Å². The van der Waals surface area contributed by atoms with Crippen LogP contribution < -0.4 is 0 Å². The van der Waals surface area contributed by atoms with Crippen molar-refractivity contribution in [3.63, 3.8) is 0 Å². The molecule has 0 saturated carbocycles. The van der Waals surface area contributed by atoms with E-state index in [2.05, 4.69) is 76.2 Å². The Morgan fingerprint density at radius 1 is 0.500 bits per heavy atom. The minimum Gasteiger partial charge on any atom is -0.0563 e. The largest absolute Gasteiger partial charge is 0.0563 e. The third kappa shape index (κ3) is 3.33. The molecule has 0 heteroatoms. The highest BCUT2D eigenvalue weighted by Crippen LogP contribution is 2.15. The Morgan fingerprint density at radius 2 is 0.778 bits per heavy atom. The number of hydrogen-bond acceptors (Lipinski definition) is 0. The van der Waals surface area contributed by atoms with Crippen LogP contribution in [0.3, 0.4) is 0 Å². The number of aryl methyl sites for hydroxylation is 4. The molecular weight excluding hydrogens is 216 g/mol. The summed E-state index contributed by atoms with van der Waals surface area (Å²) in [7, 11) is 0. The van der Waals surface area contributed by atoms with E-state index >= 15 is 0 Å². The fourth-order valence-corrected chi connectivity index (χ4v) is 2.40. The zero-order valence-electron chi connectivity index (χ0n) is 11.6. The third-order valence-electron chi connectivity index (χ3n) is 2.96. The number of benzene rings is 2. The van der Waals surface area contributed by atoms with Crippen molar-refractivity contribution in [2.24, 2.45) is 0 Å². The van der Waals surface area contributed by atoms with E-state index in [1.807, 2.05) is 0 Å². The molecule has 0 unspecified atom stereocenters. The molecule has 0 aromatic heterocycles. The summed E-state index contributed by atoms with van der Waals surface area (Å²) < 4.78 is 0. The van der Waals surface area contributed by atoms with Gasteiger partial charge in [-0.25, -0.2) is 0 Å². The molecule has 0 amide bonds. The van der Waals surface area contributed by atoms with Gasteiger partial charge < -0.3 is 0 Å². The standard InChI is InChI=1S/C18H20/c1-13-7-14(2)10-17(9-13)5-6-18-11-15(3)8-16(4)12-18/h5-12H,1-4H3/b6-5-. The van der Waals surface area contributed by atoms with Crippen LogP contribution in [0.15, 0.2) is 36.4 Å². The third-order valence-corrected chi connectivity index (χ3v) is 2.96. The van der Waals surface area contributed by atoms with Crippen molar-refractivity contribution in [2.75, 3.05) is 0 Å². The summed E-state index contributed by atoms with van der Waals surface area (Å²) in [4.78, 5) is 0. The van der Waals surface area contributed by atoms with Crippen LogP contribution in [0.5, 0.6) is 0 Å². The predicted molar refractivity (Wildman–Crippen MR) is 80.8 cm³/mol. The molecule has 92 valence electrons. The van der Waals surface area contributed by atoms with Gasteiger partial charge in [-0.1, -0.05) is 70.8 Å². The summed E-state index contributed by atoms with van der Waals surface area (Å²) in [5.74, 6) is 0. The lowest BCUT2D eigenvalue weighted by Gasteiger charge is -2.02. The molecule has 18 heavy (non-hydrogen) atoms. The van der Waals surface area contributed by atoms with E-state index in [1.54, 1.807) is 0 Å². The van der Waals surface area contributed by atoms with Crippen LogP contribution in [0.4, 0.5) is 0 Å². The average molecular weight is 236 g/mol. The van der Waals surface area contributed by atoms with Crippen LogP contribution in [-0.2, 0) is 0 Å². The van der Waals surface area contributed by atoms with Crippen molar-refractivity contribution in [1.29, 1.82) is 0 Å². The van der Waals surface area contributed by atoms with E-state index in [1.165, 1.54) is 33.4 Å². The smallest absolute Gasteiger partial charge is 0.0251 e. The van der Waals surface area contributed by atoms with Gasteiger partial charge in [0, 0.05) is 0 Å². The summed E-state index contributed by atoms with van der Waals surface area (Å²) >= 11 is 0. The van der Waals surface area contributed by atoms with E-state index in [0.29, 0.717) is 0 Å². The summed E-state index contributed by atoms with van der Waals surface area (Å²) in [6.45, 7) is 8.56. The van der Waals surface area contributed by atoms with Gasteiger partial charge in [0.2, 0.25) is 0 Å². The van der Waals surface area contributed by atoms with Crippen molar-refractivity contribution < 1.29 is 0 Å². The van der Waals surface area contributed by atoms with Gasteiger partial charge in [-0.3, -0.25) is 0 Å². The highest BCUT2D eigenvalue weighted by atomic mass is 14.0. The molecule has 0 heterocycles. The quantitative estimate of drug-likeness (QED) is 0.637. The van der Waals surface area contributed by atoms with Crippen LogP contribution in [-0.4, -0.2) is 0 Å². The molecule has 0 spiro atoms. The molecule has 0 bridgehead atoms. The second kappa shape index (κ2) is 5.22. The number of hydrogen-bond donors (Lipinski definition) is 0. The first kappa shape index (κ1) is 12.6. The normalized spacial score (nSPS) is 11.1. The van der Waals surface area contributed by atoms with Crippen LogP contribution in [0.1, 0.15) is 33.4 Å². The molecule has 0 nitrogen and oxygen atoms in total. The van der Waals surface area contributed by atoms with Gasteiger partial charge in [0.1, 0.15) is 0 Å². The van der Waals surface area contributed by atoms with Crippen molar-refractivity contribution in [1.82, 2.24) is 0 Å². The predicted octanol–water partition coefficient (Wildman–Crippen LogP) is 5.09. The van der Waals surface area contributed by atoms with Gasteiger partial charge in [-0.2, -0.15) is 0 Å². The van der Waals surface area contributed by atoms with Gasteiger partial charge in [-0.05, 0) is 38.8 Å². The molecule has 0 atom stereocenters. The van der Waals surface area contributed by atoms with E-state index in [0.717, 1.165) is 0 Å². The Kier molecular flexibility index (Phi) is 3.66. The Bertz CT molecular complexity index is 495. The maximum absolute atomic E-state index is 2.21. The monoisotopic (exact) mass is 236 g/mol. The molecule has 0 aliphatic carbocycles. The van der Waals surface area contributed by atoms with E-state index < -0.39 is 0 Å². The van der Waals surface area contributed by atoms with Crippen molar-refractivity contribution in [2.45, 2.75) is 27.7 Å². The molecule has 0 aliphatic heterocycles. The van der Waals surface area contributed by atoms with Crippen LogP contribution in [0.25, 0.3) is 12.2 Å². The first-order valence-electron chi connectivity index (χ1n) is 6.37. The molecule has 2 aromatic carbocycles. The summed E-state index contributed by atoms with van der Waals surface area (Å²) in [6.07, 6.45) is 4.38. The zero-order chi connectivity index (χ0) is 13.1. The molecule has 0 N–H and O–H groups in total. The molecule has 0 aliphatic rings. The van der Waals surface area contributed by atoms with E-state index in [-0.39, 0.29) is 0 Å². The minimum atomic E-state index is 1.27. The lowest BCUT2D eigenvalue weighted by atomic mass is 10.0. The first-order chi connectivity index (χ1) is 8.52. The van der Waals surface area contributed by atoms with Crippen molar-refractivity contribution in [3.8, 4) is 0 Å². The van der Waals surface area contributed by atoms with Crippen LogP contribution in [0, 0.1) is 27.7 Å². The first-order valence-corrected chi connectivity index (χ1v) is 6.37. The SMILES string of the molecule is Cc1cc(C)cc(/C=C\c2cc(C)cc(C)c2)c1. The van der Waals surface area contributed by atoms with Crippen LogP contribution >= 0.6 is 0 Å². The second-order valence-corrected chi connectivity index (χ2v) is 5.18. The van der Waals surface area contributed by atoms with Crippen molar-refractivity contribution >= 4 is 12.2 Å². The average Bonchev–Trinajstić information content (AvgIpc) is 2.23. The Labute approximate surface area is 110 Å². The Balaban J connectivity index is 2.29. The van der Waals surface area contributed by atoms with E-state index in [9.17, 15) is 0 Å². The Hall–Kier alpha value is -1.82. The van der Waals surface area contributed by atoms with Gasteiger partial charge in [0.05, 0.1) is 0 Å². The second-order valence-electron chi connectivity index (χ2n) is 5.18. The molecule has 0 fully saturated rings. The van der Waals surface area contributed by atoms with Crippen LogP contribution in [0.2, 0.25) is 0 Å². The zero-order valence-corrected chi connectivity index (χ0v) is 11.6. The summed E-state index contributed by atoms with van der Waals surface area (Å²) in [5.41, 5.74) is 7.80. The van der Waals surface area contributed by atoms with Gasteiger partial charge >= 0.3 is 0 Å². The topological polar surface area (TPSA) is 0 Å². The number of rotatable bonds is 2. The summed E-state index contributed by atoms with van der Waals surface area (Å²) in [6, 6.07) is 13.3. The Morgan fingerprint density at radius 3 is 1.06 bits per heavy atom. The lowest BCUT2D eigenvalue weighted by Crippen LogP contribution is -1.82.